The van der Waals surface area contributed by atoms with Gasteiger partial charge in [0.2, 0.25) is 0 Å². The van der Waals surface area contributed by atoms with E-state index < -0.39 is 0 Å². The second kappa shape index (κ2) is 5.17. The highest BCUT2D eigenvalue weighted by Gasteiger charge is 2.21. The number of oxime groups is 1. The van der Waals surface area contributed by atoms with Crippen LogP contribution in [0.2, 0.25) is 0 Å². The number of rotatable bonds is 2. The van der Waals surface area contributed by atoms with Crippen LogP contribution in [0.3, 0.4) is 0 Å². The molecule has 1 aliphatic rings. The third-order valence-corrected chi connectivity index (χ3v) is 4.16. The number of nitrogens with two attached hydrogens (primary N) is 1. The van der Waals surface area contributed by atoms with E-state index in [9.17, 15) is 0 Å². The number of nitrogens with zero attached hydrogens (tertiary/aromatic N) is 2. The Morgan fingerprint density at radius 1 is 1.20 bits per heavy atom. The van der Waals surface area contributed by atoms with Crippen molar-refractivity contribution in [1.29, 1.82) is 0 Å². The average molecular weight is 332 g/mol. The summed E-state index contributed by atoms with van der Waals surface area (Å²) in [5, 5.41) is 11.8. The molecule has 102 valence electrons. The van der Waals surface area contributed by atoms with Crippen molar-refractivity contribution < 1.29 is 5.21 Å². The van der Waals surface area contributed by atoms with Crippen LogP contribution in [0.15, 0.2) is 52.1 Å². The van der Waals surface area contributed by atoms with Crippen molar-refractivity contribution in [2.45, 2.75) is 6.42 Å². The van der Waals surface area contributed by atoms with Gasteiger partial charge in [0.25, 0.3) is 0 Å². The van der Waals surface area contributed by atoms with Crippen LogP contribution in [0.5, 0.6) is 0 Å². The van der Waals surface area contributed by atoms with Crippen LogP contribution in [0.1, 0.15) is 11.1 Å². The molecule has 0 unspecified atom stereocenters. The number of anilines is 2. The number of para-hydroxylation sites is 1. The predicted molar refractivity (Wildman–Crippen MR) is 83.8 cm³/mol. The van der Waals surface area contributed by atoms with E-state index in [2.05, 4.69) is 50.3 Å². The second-order valence-corrected chi connectivity index (χ2v) is 5.54. The minimum atomic E-state index is 0.110. The molecular formula is C15H14BrN3O. The summed E-state index contributed by atoms with van der Waals surface area (Å²) in [6.45, 7) is 0.959. The van der Waals surface area contributed by atoms with Gasteiger partial charge in [-0.05, 0) is 52.2 Å². The Morgan fingerprint density at radius 3 is 2.75 bits per heavy atom. The number of benzene rings is 2. The maximum Gasteiger partial charge on any atom is 0.170 e. The zero-order valence-corrected chi connectivity index (χ0v) is 12.3. The highest BCUT2D eigenvalue weighted by atomic mass is 79.9. The normalized spacial score (nSPS) is 14.4. The summed E-state index contributed by atoms with van der Waals surface area (Å²) >= 11 is 3.57. The Balaban J connectivity index is 2.01. The molecule has 2 aromatic rings. The first-order chi connectivity index (χ1) is 9.70. The van der Waals surface area contributed by atoms with Crippen molar-refractivity contribution in [1.82, 2.24) is 0 Å². The molecule has 3 rings (SSSR count). The van der Waals surface area contributed by atoms with Gasteiger partial charge >= 0.3 is 0 Å². The van der Waals surface area contributed by atoms with Crippen LogP contribution in [0.4, 0.5) is 11.4 Å². The molecule has 0 aliphatic carbocycles. The van der Waals surface area contributed by atoms with Crippen molar-refractivity contribution in [3.63, 3.8) is 0 Å². The Labute approximate surface area is 125 Å². The monoisotopic (exact) mass is 331 g/mol. The number of fused-ring (bicyclic) bond motifs is 1. The molecule has 0 spiro atoms. The summed E-state index contributed by atoms with van der Waals surface area (Å²) in [5.41, 5.74) is 9.99. The third-order valence-electron chi connectivity index (χ3n) is 3.53. The van der Waals surface area contributed by atoms with Crippen LogP contribution < -0.4 is 10.6 Å². The Kier molecular flexibility index (Phi) is 3.36. The summed E-state index contributed by atoms with van der Waals surface area (Å²) in [4.78, 5) is 2.27. The smallest absolute Gasteiger partial charge is 0.170 e. The quantitative estimate of drug-likeness (QED) is 0.384. The first kappa shape index (κ1) is 13.0. The fourth-order valence-electron chi connectivity index (χ4n) is 2.53. The van der Waals surface area contributed by atoms with Crippen molar-refractivity contribution in [2.24, 2.45) is 10.9 Å². The number of hydrogen-bond donors (Lipinski definition) is 2. The molecule has 1 aliphatic heterocycles. The Morgan fingerprint density at radius 2 is 2.00 bits per heavy atom. The maximum absolute atomic E-state index is 8.73. The fraction of sp³-hybridized carbons (Fsp3) is 0.133. The van der Waals surface area contributed by atoms with Gasteiger partial charge in [-0.2, -0.15) is 0 Å². The van der Waals surface area contributed by atoms with Gasteiger partial charge in [-0.25, -0.2) is 0 Å². The predicted octanol–water partition coefficient (Wildman–Crippen LogP) is 3.24. The van der Waals surface area contributed by atoms with Crippen LogP contribution in [0, 0.1) is 0 Å². The van der Waals surface area contributed by atoms with Gasteiger partial charge in [-0.15, -0.1) is 0 Å². The molecule has 20 heavy (non-hydrogen) atoms. The van der Waals surface area contributed by atoms with Gasteiger partial charge in [0.15, 0.2) is 5.84 Å². The second-order valence-electron chi connectivity index (χ2n) is 4.68. The van der Waals surface area contributed by atoms with Crippen molar-refractivity contribution in [2.75, 3.05) is 11.4 Å². The lowest BCUT2D eigenvalue weighted by molar-refractivity contribution is 0.318. The van der Waals surface area contributed by atoms with Gasteiger partial charge in [0, 0.05) is 22.3 Å². The first-order valence-corrected chi connectivity index (χ1v) is 7.13. The highest BCUT2D eigenvalue weighted by Crippen LogP contribution is 2.38. The minimum absolute atomic E-state index is 0.110. The van der Waals surface area contributed by atoms with E-state index in [0.717, 1.165) is 23.1 Å². The summed E-state index contributed by atoms with van der Waals surface area (Å²) in [7, 11) is 0. The lowest BCUT2D eigenvalue weighted by atomic mass is 10.1. The van der Waals surface area contributed by atoms with Gasteiger partial charge in [-0.3, -0.25) is 0 Å². The van der Waals surface area contributed by atoms with Crippen LogP contribution >= 0.6 is 15.9 Å². The van der Waals surface area contributed by atoms with Gasteiger partial charge in [0.05, 0.1) is 5.69 Å². The summed E-state index contributed by atoms with van der Waals surface area (Å²) < 4.78 is 0.929. The molecule has 5 heteroatoms. The van der Waals surface area contributed by atoms with E-state index in [0.29, 0.717) is 5.56 Å². The summed E-state index contributed by atoms with van der Waals surface area (Å²) in [6.07, 6.45) is 1.05. The Bertz CT molecular complexity index is 685. The van der Waals surface area contributed by atoms with Gasteiger partial charge in [0.1, 0.15) is 0 Å². The van der Waals surface area contributed by atoms with Crippen LogP contribution in [-0.4, -0.2) is 17.6 Å². The van der Waals surface area contributed by atoms with E-state index in [1.165, 1.54) is 11.3 Å². The molecule has 4 nitrogen and oxygen atoms in total. The highest BCUT2D eigenvalue weighted by molar-refractivity contribution is 9.10. The third kappa shape index (κ3) is 2.14. The molecule has 0 bridgehead atoms. The molecule has 0 amide bonds. The fourth-order valence-corrected chi connectivity index (χ4v) is 3.12. The van der Waals surface area contributed by atoms with Crippen molar-refractivity contribution >= 4 is 33.1 Å². The van der Waals surface area contributed by atoms with Gasteiger partial charge < -0.3 is 15.8 Å². The summed E-state index contributed by atoms with van der Waals surface area (Å²) in [5.74, 6) is 0.110. The zero-order valence-electron chi connectivity index (χ0n) is 10.8. The SMILES string of the molecule is N/C(=N/O)c1ccc(N2CCc3ccccc32)c(Br)c1. The standard InChI is InChI=1S/C15H14BrN3O/c16-12-9-11(15(17)18-20)5-6-14(12)19-8-7-10-3-1-2-4-13(10)19/h1-6,9,20H,7-8H2,(H2,17,18). The van der Waals surface area contributed by atoms with E-state index in [1.807, 2.05) is 18.2 Å². The molecule has 2 aromatic carbocycles. The molecule has 0 atom stereocenters. The molecule has 1 heterocycles. The summed E-state index contributed by atoms with van der Waals surface area (Å²) in [6, 6.07) is 14.1. The molecule has 0 saturated heterocycles. The number of hydrogen-bond acceptors (Lipinski definition) is 3. The average Bonchev–Trinajstić information content (AvgIpc) is 2.90. The lowest BCUT2D eigenvalue weighted by Gasteiger charge is -2.21. The number of amidine groups is 1. The zero-order chi connectivity index (χ0) is 14.1. The molecule has 3 N–H and O–H groups in total. The topological polar surface area (TPSA) is 61.9 Å². The van der Waals surface area contributed by atoms with Crippen LogP contribution in [0.25, 0.3) is 0 Å². The van der Waals surface area contributed by atoms with E-state index in [4.69, 9.17) is 10.9 Å². The van der Waals surface area contributed by atoms with E-state index in [-0.39, 0.29) is 5.84 Å². The Hall–Kier alpha value is -2.01. The molecule has 0 fully saturated rings. The minimum Gasteiger partial charge on any atom is -0.409 e. The van der Waals surface area contributed by atoms with Crippen molar-refractivity contribution in [3.8, 4) is 0 Å². The first-order valence-electron chi connectivity index (χ1n) is 6.33. The lowest BCUT2D eigenvalue weighted by Crippen LogP contribution is -2.16. The van der Waals surface area contributed by atoms with Gasteiger partial charge in [-0.1, -0.05) is 23.4 Å². The van der Waals surface area contributed by atoms with Crippen LogP contribution in [-0.2, 0) is 6.42 Å². The largest absolute Gasteiger partial charge is 0.409 e. The van der Waals surface area contributed by atoms with E-state index in [1.54, 1.807) is 0 Å². The number of halogens is 1. The molecule has 0 aromatic heterocycles. The molecule has 0 saturated carbocycles. The van der Waals surface area contributed by atoms with E-state index >= 15 is 0 Å². The van der Waals surface area contributed by atoms with Crippen molar-refractivity contribution in [3.05, 3.63) is 58.1 Å². The maximum atomic E-state index is 8.73. The molecular weight excluding hydrogens is 318 g/mol. The molecule has 0 radical (unpaired) electrons.